The molecule has 0 aromatic heterocycles. The summed E-state index contributed by atoms with van der Waals surface area (Å²) in [7, 11) is 0. The molecule has 1 atom stereocenters. The highest BCUT2D eigenvalue weighted by atomic mass is 14.5. The molecule has 0 heterocycles. The molecule has 0 amide bonds. The topological polar surface area (TPSA) is 26.0 Å². The Hall–Kier alpha value is -1.82. The first-order chi connectivity index (χ1) is 9.22. The molecule has 100 valence electrons. The van der Waals surface area contributed by atoms with E-state index in [0.29, 0.717) is 12.5 Å². The Balaban J connectivity index is 3.11. The molecule has 1 rings (SSSR count). The summed E-state index contributed by atoms with van der Waals surface area (Å²) in [6.45, 7) is 8.62. The standard InChI is InChI=1S/C18H23N/c1-4-8-16(11-7-14-19)18(5-2)17-10-6-9-15(3)12-13-17/h4,7-13,18H,1,5,14,19H2,2-3H3/b11-7-,16-8+. The van der Waals surface area contributed by atoms with E-state index in [1.54, 1.807) is 0 Å². The summed E-state index contributed by atoms with van der Waals surface area (Å²) in [5.74, 6) is 0.351. The predicted octanol–water partition coefficient (Wildman–Crippen LogP) is 4.24. The van der Waals surface area contributed by atoms with Crippen LogP contribution in [-0.4, -0.2) is 6.54 Å². The van der Waals surface area contributed by atoms with Crippen molar-refractivity contribution in [1.29, 1.82) is 0 Å². The molecule has 0 spiro atoms. The molecule has 0 aromatic rings. The summed E-state index contributed by atoms with van der Waals surface area (Å²) in [6, 6.07) is 0. The van der Waals surface area contributed by atoms with Crippen LogP contribution in [-0.2, 0) is 0 Å². The smallest absolute Gasteiger partial charge is 0.0110 e. The van der Waals surface area contributed by atoms with Gasteiger partial charge in [0.15, 0.2) is 0 Å². The van der Waals surface area contributed by atoms with E-state index in [1.165, 1.54) is 16.7 Å². The van der Waals surface area contributed by atoms with Gasteiger partial charge < -0.3 is 5.73 Å². The summed E-state index contributed by atoms with van der Waals surface area (Å²) in [5, 5.41) is 0. The molecular weight excluding hydrogens is 230 g/mol. The van der Waals surface area contributed by atoms with Gasteiger partial charge in [-0.05, 0) is 42.2 Å². The van der Waals surface area contributed by atoms with Crippen LogP contribution in [0.5, 0.6) is 0 Å². The SMILES string of the molecule is C=C/C=C(\C=C/CN)C(CC)C1=CC=C(C)C=C=C1. The molecule has 1 heteroatoms. The van der Waals surface area contributed by atoms with Crippen LogP contribution < -0.4 is 5.73 Å². The average Bonchev–Trinajstić information content (AvgIpc) is 2.62. The Morgan fingerprint density at radius 2 is 2.21 bits per heavy atom. The van der Waals surface area contributed by atoms with Crippen LogP contribution in [0.2, 0.25) is 0 Å². The van der Waals surface area contributed by atoms with E-state index in [4.69, 9.17) is 5.73 Å². The molecular formula is C18H23N. The second-order valence-electron chi connectivity index (χ2n) is 4.53. The summed E-state index contributed by atoms with van der Waals surface area (Å²) >= 11 is 0. The van der Waals surface area contributed by atoms with E-state index in [9.17, 15) is 0 Å². The first kappa shape index (κ1) is 15.2. The second kappa shape index (κ2) is 8.31. The maximum absolute atomic E-state index is 5.55. The van der Waals surface area contributed by atoms with Gasteiger partial charge in [-0.25, -0.2) is 0 Å². The molecule has 0 saturated carbocycles. The van der Waals surface area contributed by atoms with Gasteiger partial charge in [0.05, 0.1) is 0 Å². The monoisotopic (exact) mass is 253 g/mol. The van der Waals surface area contributed by atoms with Gasteiger partial charge in [0.2, 0.25) is 0 Å². The summed E-state index contributed by atoms with van der Waals surface area (Å²) in [5.41, 5.74) is 12.5. The Bertz CT molecular complexity index is 492. The van der Waals surface area contributed by atoms with Crippen LogP contribution in [0.25, 0.3) is 0 Å². The van der Waals surface area contributed by atoms with Gasteiger partial charge in [0.25, 0.3) is 0 Å². The lowest BCUT2D eigenvalue weighted by molar-refractivity contribution is 0.715. The third-order valence-electron chi connectivity index (χ3n) is 3.07. The summed E-state index contributed by atoms with van der Waals surface area (Å²) < 4.78 is 0. The zero-order valence-corrected chi connectivity index (χ0v) is 11.9. The van der Waals surface area contributed by atoms with Gasteiger partial charge in [0.1, 0.15) is 0 Å². The zero-order chi connectivity index (χ0) is 14.1. The van der Waals surface area contributed by atoms with E-state index < -0.39 is 0 Å². The molecule has 0 radical (unpaired) electrons. The van der Waals surface area contributed by atoms with Crippen molar-refractivity contribution in [2.45, 2.75) is 20.3 Å². The summed E-state index contributed by atoms with van der Waals surface area (Å²) in [4.78, 5) is 0. The minimum absolute atomic E-state index is 0.351. The van der Waals surface area contributed by atoms with Crippen molar-refractivity contribution in [2.75, 3.05) is 6.54 Å². The Morgan fingerprint density at radius 1 is 1.42 bits per heavy atom. The zero-order valence-electron chi connectivity index (χ0n) is 11.9. The molecule has 0 aliphatic heterocycles. The van der Waals surface area contributed by atoms with Crippen molar-refractivity contribution < 1.29 is 0 Å². The van der Waals surface area contributed by atoms with Gasteiger partial charge in [-0.3, -0.25) is 0 Å². The van der Waals surface area contributed by atoms with E-state index in [-0.39, 0.29) is 0 Å². The highest BCUT2D eigenvalue weighted by Gasteiger charge is 2.13. The van der Waals surface area contributed by atoms with Crippen molar-refractivity contribution in [3.05, 3.63) is 77.6 Å². The molecule has 1 nitrogen and oxygen atoms in total. The fourth-order valence-electron chi connectivity index (χ4n) is 2.10. The van der Waals surface area contributed by atoms with E-state index >= 15 is 0 Å². The Kier molecular flexibility index (Phi) is 6.67. The first-order valence-corrected chi connectivity index (χ1v) is 6.73. The number of nitrogens with two attached hydrogens (primary N) is 1. The lowest BCUT2D eigenvalue weighted by Crippen LogP contribution is -2.05. The maximum atomic E-state index is 5.55. The highest BCUT2D eigenvalue weighted by Crippen LogP contribution is 2.27. The second-order valence-corrected chi connectivity index (χ2v) is 4.53. The molecule has 0 bridgehead atoms. The van der Waals surface area contributed by atoms with E-state index in [0.717, 1.165) is 6.42 Å². The first-order valence-electron chi connectivity index (χ1n) is 6.73. The van der Waals surface area contributed by atoms with E-state index in [1.807, 2.05) is 18.2 Å². The minimum Gasteiger partial charge on any atom is -0.327 e. The predicted molar refractivity (Wildman–Crippen MR) is 84.7 cm³/mol. The van der Waals surface area contributed by atoms with Gasteiger partial charge in [0, 0.05) is 12.5 Å². The van der Waals surface area contributed by atoms with Gasteiger partial charge in [-0.1, -0.05) is 50.0 Å². The average molecular weight is 253 g/mol. The van der Waals surface area contributed by atoms with Gasteiger partial charge >= 0.3 is 0 Å². The van der Waals surface area contributed by atoms with Crippen LogP contribution >= 0.6 is 0 Å². The molecule has 0 fully saturated rings. The molecule has 1 aliphatic rings. The molecule has 2 N–H and O–H groups in total. The lowest BCUT2D eigenvalue weighted by Gasteiger charge is -2.17. The molecule has 19 heavy (non-hydrogen) atoms. The van der Waals surface area contributed by atoms with Crippen LogP contribution in [0.15, 0.2) is 77.6 Å². The van der Waals surface area contributed by atoms with Crippen LogP contribution in [0.4, 0.5) is 0 Å². The quantitative estimate of drug-likeness (QED) is 0.556. The summed E-state index contributed by atoms with van der Waals surface area (Å²) in [6.07, 6.45) is 17.4. The van der Waals surface area contributed by atoms with Crippen molar-refractivity contribution in [3.8, 4) is 0 Å². The van der Waals surface area contributed by atoms with Crippen LogP contribution in [0.1, 0.15) is 20.3 Å². The maximum Gasteiger partial charge on any atom is 0.0110 e. The third kappa shape index (κ3) is 4.75. The Labute approximate surface area is 116 Å². The van der Waals surface area contributed by atoms with Crippen molar-refractivity contribution in [2.24, 2.45) is 11.7 Å². The van der Waals surface area contributed by atoms with Crippen molar-refractivity contribution in [1.82, 2.24) is 0 Å². The molecule has 1 unspecified atom stereocenters. The molecule has 1 aliphatic carbocycles. The third-order valence-corrected chi connectivity index (χ3v) is 3.07. The van der Waals surface area contributed by atoms with Crippen LogP contribution in [0, 0.1) is 5.92 Å². The van der Waals surface area contributed by atoms with Gasteiger partial charge in [-0.2, -0.15) is 0 Å². The minimum atomic E-state index is 0.351. The lowest BCUT2D eigenvalue weighted by atomic mass is 9.87. The van der Waals surface area contributed by atoms with Crippen LogP contribution in [0.3, 0.4) is 0 Å². The number of hydrogen-bond acceptors (Lipinski definition) is 1. The van der Waals surface area contributed by atoms with Crippen molar-refractivity contribution in [3.63, 3.8) is 0 Å². The van der Waals surface area contributed by atoms with Gasteiger partial charge in [-0.15, -0.1) is 5.73 Å². The van der Waals surface area contributed by atoms with Crippen molar-refractivity contribution >= 4 is 0 Å². The molecule has 0 aromatic carbocycles. The highest BCUT2D eigenvalue weighted by molar-refractivity contribution is 5.41. The fraction of sp³-hybridized carbons (Fsp3) is 0.278. The number of rotatable bonds is 6. The fourth-order valence-corrected chi connectivity index (χ4v) is 2.10. The van der Waals surface area contributed by atoms with E-state index in [2.05, 4.69) is 56.5 Å². The largest absolute Gasteiger partial charge is 0.327 e. The normalized spacial score (nSPS) is 17.1. The Morgan fingerprint density at radius 3 is 2.84 bits per heavy atom. The number of hydrogen-bond donors (Lipinski definition) is 1. The number of allylic oxidation sites excluding steroid dienone is 9. The molecule has 0 saturated heterocycles.